The van der Waals surface area contributed by atoms with Crippen LogP contribution < -0.4 is 0 Å². The van der Waals surface area contributed by atoms with Crippen molar-refractivity contribution in [2.24, 2.45) is 10.9 Å². The van der Waals surface area contributed by atoms with Crippen LogP contribution in [0.1, 0.15) is 111 Å². The molecule has 1 aliphatic heterocycles. The van der Waals surface area contributed by atoms with Gasteiger partial charge in [0.25, 0.3) is 0 Å². The van der Waals surface area contributed by atoms with Gasteiger partial charge in [0.15, 0.2) is 0 Å². The number of hydrogen-bond donors (Lipinski definition) is 0. The molecule has 1 heterocycles. The molecule has 0 aromatic carbocycles. The SMILES string of the molecule is CC1=NCCC1=CCCCCCCCCCCC=CCCCC(C)C. The summed E-state index contributed by atoms with van der Waals surface area (Å²) in [7, 11) is 0. The second kappa shape index (κ2) is 15.4. The summed E-state index contributed by atoms with van der Waals surface area (Å²) in [5.74, 6) is 0.858. The van der Waals surface area contributed by atoms with E-state index in [0.29, 0.717) is 0 Å². The van der Waals surface area contributed by atoms with E-state index in [1.54, 1.807) is 0 Å². The first kappa shape index (κ1) is 22.2. The standard InChI is InChI=1S/C24H43N/c1-22(2)18-16-14-12-10-8-6-4-5-7-9-11-13-15-17-19-24-20-21-25-23(24)3/h10,12,19,22H,4-9,11,13-18,20-21H2,1-3H3. The number of hydrogen-bond acceptors (Lipinski definition) is 1. The Morgan fingerprint density at radius 2 is 1.36 bits per heavy atom. The Hall–Kier alpha value is -0.850. The Labute approximate surface area is 158 Å². The Bertz CT molecular complexity index is 400. The molecule has 0 N–H and O–H groups in total. The molecule has 0 aliphatic carbocycles. The van der Waals surface area contributed by atoms with Crippen molar-refractivity contribution in [2.45, 2.75) is 111 Å². The lowest BCUT2D eigenvalue weighted by Crippen LogP contribution is -1.89. The van der Waals surface area contributed by atoms with Crippen molar-refractivity contribution < 1.29 is 0 Å². The van der Waals surface area contributed by atoms with Crippen LogP contribution in [0.25, 0.3) is 0 Å². The van der Waals surface area contributed by atoms with E-state index < -0.39 is 0 Å². The van der Waals surface area contributed by atoms with Crippen molar-refractivity contribution in [3.63, 3.8) is 0 Å². The molecule has 1 nitrogen and oxygen atoms in total. The highest BCUT2D eigenvalue weighted by atomic mass is 14.8. The fourth-order valence-corrected chi connectivity index (χ4v) is 3.50. The lowest BCUT2D eigenvalue weighted by Gasteiger charge is -2.02. The molecule has 1 aliphatic rings. The lowest BCUT2D eigenvalue weighted by atomic mass is 10.0. The number of nitrogens with zero attached hydrogens (tertiary/aromatic N) is 1. The maximum atomic E-state index is 4.46. The van der Waals surface area contributed by atoms with E-state index in [2.05, 4.69) is 44.0 Å². The van der Waals surface area contributed by atoms with Crippen LogP contribution in [0.5, 0.6) is 0 Å². The average molecular weight is 346 g/mol. The zero-order valence-electron chi connectivity index (χ0n) is 17.4. The van der Waals surface area contributed by atoms with Gasteiger partial charge in [-0.2, -0.15) is 0 Å². The maximum Gasteiger partial charge on any atom is 0.0433 e. The normalized spacial score (nSPS) is 16.5. The van der Waals surface area contributed by atoms with E-state index >= 15 is 0 Å². The van der Waals surface area contributed by atoms with Crippen molar-refractivity contribution >= 4 is 5.71 Å². The molecule has 0 radical (unpaired) electrons. The number of aliphatic imine (C=N–C) groups is 1. The highest BCUT2D eigenvalue weighted by Crippen LogP contribution is 2.16. The van der Waals surface area contributed by atoms with Crippen molar-refractivity contribution in [2.75, 3.05) is 6.54 Å². The molecule has 0 amide bonds. The smallest absolute Gasteiger partial charge is 0.0433 e. The molecule has 0 aromatic rings. The summed E-state index contributed by atoms with van der Waals surface area (Å²) in [4.78, 5) is 4.46. The first-order chi connectivity index (χ1) is 12.2. The molecule has 0 saturated heterocycles. The molecule has 0 unspecified atom stereocenters. The largest absolute Gasteiger partial charge is 0.289 e. The summed E-state index contributed by atoms with van der Waals surface area (Å²) in [5, 5.41) is 0. The van der Waals surface area contributed by atoms with Crippen molar-refractivity contribution in [1.29, 1.82) is 0 Å². The molecule has 0 fully saturated rings. The fraction of sp³-hybridized carbons (Fsp3) is 0.792. The predicted octanol–water partition coefficient (Wildman–Crippen LogP) is 8.06. The predicted molar refractivity (Wildman–Crippen MR) is 115 cm³/mol. The van der Waals surface area contributed by atoms with Gasteiger partial charge in [0.1, 0.15) is 0 Å². The van der Waals surface area contributed by atoms with Crippen LogP contribution in [0.3, 0.4) is 0 Å². The summed E-state index contributed by atoms with van der Waals surface area (Å²) >= 11 is 0. The molecule has 1 heteroatoms. The van der Waals surface area contributed by atoms with Crippen LogP contribution in [0.2, 0.25) is 0 Å². The van der Waals surface area contributed by atoms with E-state index in [4.69, 9.17) is 0 Å². The molecule has 0 bridgehead atoms. The monoisotopic (exact) mass is 345 g/mol. The Kier molecular flexibility index (Phi) is 13.7. The fourth-order valence-electron chi connectivity index (χ4n) is 3.50. The van der Waals surface area contributed by atoms with Crippen molar-refractivity contribution in [3.05, 3.63) is 23.8 Å². The first-order valence-corrected chi connectivity index (χ1v) is 11.1. The molecule has 0 atom stereocenters. The molecule has 0 aromatic heterocycles. The van der Waals surface area contributed by atoms with E-state index in [1.807, 2.05) is 0 Å². The van der Waals surface area contributed by atoms with Gasteiger partial charge in [0.2, 0.25) is 0 Å². The topological polar surface area (TPSA) is 12.4 Å². The lowest BCUT2D eigenvalue weighted by molar-refractivity contribution is 0.558. The molecular formula is C24H43N. The van der Waals surface area contributed by atoms with Crippen LogP contribution in [-0.4, -0.2) is 12.3 Å². The van der Waals surface area contributed by atoms with Gasteiger partial charge in [-0.05, 0) is 63.4 Å². The van der Waals surface area contributed by atoms with Gasteiger partial charge in [-0.15, -0.1) is 0 Å². The molecule has 144 valence electrons. The van der Waals surface area contributed by atoms with Gasteiger partial charge in [-0.25, -0.2) is 0 Å². The van der Waals surface area contributed by atoms with Crippen LogP contribution in [0.4, 0.5) is 0 Å². The minimum absolute atomic E-state index is 0.858. The molecular weight excluding hydrogens is 302 g/mol. The minimum Gasteiger partial charge on any atom is -0.289 e. The third-order valence-electron chi connectivity index (χ3n) is 5.23. The Morgan fingerprint density at radius 3 is 1.92 bits per heavy atom. The molecule has 25 heavy (non-hydrogen) atoms. The molecule has 0 saturated carbocycles. The first-order valence-electron chi connectivity index (χ1n) is 11.1. The van der Waals surface area contributed by atoms with Crippen molar-refractivity contribution in [3.8, 4) is 0 Å². The summed E-state index contributed by atoms with van der Waals surface area (Å²) < 4.78 is 0. The number of rotatable bonds is 15. The van der Waals surface area contributed by atoms with E-state index in [-0.39, 0.29) is 0 Å². The van der Waals surface area contributed by atoms with Gasteiger partial charge in [0.05, 0.1) is 0 Å². The zero-order valence-corrected chi connectivity index (χ0v) is 17.4. The third-order valence-corrected chi connectivity index (χ3v) is 5.23. The third kappa shape index (κ3) is 13.1. The highest BCUT2D eigenvalue weighted by molar-refractivity contribution is 5.99. The van der Waals surface area contributed by atoms with Gasteiger partial charge in [-0.3, -0.25) is 4.99 Å². The van der Waals surface area contributed by atoms with Gasteiger partial charge in [-0.1, -0.05) is 77.0 Å². The van der Waals surface area contributed by atoms with Gasteiger partial charge < -0.3 is 0 Å². The summed E-state index contributed by atoms with van der Waals surface area (Å²) in [6, 6.07) is 0. The maximum absolute atomic E-state index is 4.46. The summed E-state index contributed by atoms with van der Waals surface area (Å²) in [6.07, 6.45) is 26.3. The van der Waals surface area contributed by atoms with Gasteiger partial charge in [0, 0.05) is 12.3 Å². The quantitative estimate of drug-likeness (QED) is 0.210. The van der Waals surface area contributed by atoms with Crippen molar-refractivity contribution in [1.82, 2.24) is 0 Å². The van der Waals surface area contributed by atoms with E-state index in [1.165, 1.54) is 101 Å². The second-order valence-electron chi connectivity index (χ2n) is 8.15. The zero-order chi connectivity index (χ0) is 18.2. The van der Waals surface area contributed by atoms with Gasteiger partial charge >= 0.3 is 0 Å². The summed E-state index contributed by atoms with van der Waals surface area (Å²) in [5.41, 5.74) is 2.79. The minimum atomic E-state index is 0.858. The Morgan fingerprint density at radius 1 is 0.800 bits per heavy atom. The number of allylic oxidation sites excluding steroid dienone is 3. The van der Waals surface area contributed by atoms with E-state index in [0.717, 1.165) is 12.5 Å². The highest BCUT2D eigenvalue weighted by Gasteiger charge is 2.06. The second-order valence-corrected chi connectivity index (χ2v) is 8.15. The van der Waals surface area contributed by atoms with Crippen LogP contribution >= 0.6 is 0 Å². The number of unbranched alkanes of at least 4 members (excludes halogenated alkanes) is 10. The van der Waals surface area contributed by atoms with E-state index in [9.17, 15) is 0 Å². The van der Waals surface area contributed by atoms with Crippen LogP contribution in [-0.2, 0) is 0 Å². The molecule has 1 rings (SSSR count). The summed E-state index contributed by atoms with van der Waals surface area (Å²) in [6.45, 7) is 7.80. The average Bonchev–Trinajstić information content (AvgIpc) is 2.99. The van der Waals surface area contributed by atoms with Crippen LogP contribution in [0, 0.1) is 5.92 Å². The Balaban J connectivity index is 1.77. The molecule has 0 spiro atoms. The van der Waals surface area contributed by atoms with Crippen LogP contribution in [0.15, 0.2) is 28.8 Å².